The lowest BCUT2D eigenvalue weighted by Crippen LogP contribution is -2.26. The summed E-state index contributed by atoms with van der Waals surface area (Å²) >= 11 is 7.09. The van der Waals surface area contributed by atoms with Gasteiger partial charge in [0.2, 0.25) is 0 Å². The van der Waals surface area contributed by atoms with Gasteiger partial charge >= 0.3 is 0 Å². The van der Waals surface area contributed by atoms with Crippen molar-refractivity contribution in [3.05, 3.63) is 117 Å². The van der Waals surface area contributed by atoms with E-state index in [1.165, 1.54) is 21.9 Å². The van der Waals surface area contributed by atoms with Crippen LogP contribution in [0.3, 0.4) is 0 Å². The van der Waals surface area contributed by atoms with Crippen molar-refractivity contribution >= 4 is 48.4 Å². The summed E-state index contributed by atoms with van der Waals surface area (Å²) < 4.78 is 8.57. The van der Waals surface area contributed by atoms with E-state index in [-0.39, 0.29) is 5.41 Å². The number of halogens is 2. The molecule has 0 bridgehead atoms. The van der Waals surface area contributed by atoms with Gasteiger partial charge in [-0.05, 0) is 59.7 Å². The monoisotopic (exact) mass is 504 g/mol. The fourth-order valence-corrected chi connectivity index (χ4v) is 4.66. The van der Waals surface area contributed by atoms with E-state index < -0.39 is 0 Å². The Balaban J connectivity index is 1.79. The normalized spacial score (nSPS) is 18.1. The van der Waals surface area contributed by atoms with E-state index in [4.69, 9.17) is 4.74 Å². The molecule has 0 aromatic heterocycles. The van der Waals surface area contributed by atoms with Crippen LogP contribution < -0.4 is 4.74 Å². The molecule has 0 N–H and O–H groups in total. The first-order chi connectivity index (χ1) is 14.0. The van der Waals surface area contributed by atoms with Crippen LogP contribution in [0.15, 0.2) is 100.0 Å². The quantitative estimate of drug-likeness (QED) is 0.267. The molecule has 0 aliphatic carbocycles. The molecule has 29 heavy (non-hydrogen) atoms. The Morgan fingerprint density at radius 2 is 1.38 bits per heavy atom. The van der Waals surface area contributed by atoms with Crippen LogP contribution in [0.25, 0.3) is 16.5 Å². The summed E-state index contributed by atoms with van der Waals surface area (Å²) in [4.78, 5) is 0. The maximum Gasteiger partial charge on any atom is 0.132 e. The van der Waals surface area contributed by atoms with E-state index >= 15 is 0 Å². The van der Waals surface area contributed by atoms with Crippen LogP contribution in [0, 0.1) is 0 Å². The van der Waals surface area contributed by atoms with E-state index in [9.17, 15) is 0 Å². The maximum absolute atomic E-state index is 6.44. The molecule has 0 saturated carbocycles. The zero-order valence-electron chi connectivity index (χ0n) is 15.8. The summed E-state index contributed by atoms with van der Waals surface area (Å²) in [6, 6.07) is 29.6. The smallest absolute Gasteiger partial charge is 0.132 e. The maximum atomic E-state index is 6.44. The fourth-order valence-electron chi connectivity index (χ4n) is 4.13. The number of allylic oxidation sites excluding steroid dienone is 1. The van der Waals surface area contributed by atoms with E-state index in [1.54, 1.807) is 0 Å². The van der Waals surface area contributed by atoms with E-state index in [0.29, 0.717) is 0 Å². The summed E-state index contributed by atoms with van der Waals surface area (Å²) in [6.07, 6.45) is 2.26. The van der Waals surface area contributed by atoms with Gasteiger partial charge in [0.15, 0.2) is 0 Å². The van der Waals surface area contributed by atoms with Crippen LogP contribution >= 0.6 is 31.9 Å². The summed E-state index contributed by atoms with van der Waals surface area (Å²) in [5.41, 5.74) is 3.18. The van der Waals surface area contributed by atoms with Gasteiger partial charge in [-0.15, -0.1) is 0 Å². The lowest BCUT2D eigenvalue weighted by Gasteiger charge is -2.35. The molecular formula is C26H18Br2O. The second-order valence-corrected chi connectivity index (χ2v) is 9.32. The average molecular weight is 506 g/mol. The Hall–Kier alpha value is -2.36. The molecule has 1 aliphatic heterocycles. The number of fused-ring (bicyclic) bond motifs is 3. The third-order valence-corrected chi connectivity index (χ3v) is 6.68. The van der Waals surface area contributed by atoms with Crippen molar-refractivity contribution in [2.75, 3.05) is 0 Å². The van der Waals surface area contributed by atoms with Crippen LogP contribution in [-0.4, -0.2) is 0 Å². The average Bonchev–Trinajstić information content (AvgIpc) is 2.74. The summed E-state index contributed by atoms with van der Waals surface area (Å²) in [7, 11) is 0. The van der Waals surface area contributed by atoms with Crippen LogP contribution in [0.2, 0.25) is 0 Å². The Morgan fingerprint density at radius 1 is 0.724 bits per heavy atom. The third kappa shape index (κ3) is 3.23. The van der Waals surface area contributed by atoms with Crippen molar-refractivity contribution in [2.24, 2.45) is 0 Å². The van der Waals surface area contributed by atoms with Crippen LogP contribution in [0.4, 0.5) is 0 Å². The molecule has 0 fully saturated rings. The summed E-state index contributed by atoms with van der Waals surface area (Å²) in [5.74, 6) is 1.79. The van der Waals surface area contributed by atoms with Gasteiger partial charge in [0.05, 0.1) is 0 Å². The van der Waals surface area contributed by atoms with Gasteiger partial charge in [-0.1, -0.05) is 86.5 Å². The number of benzene rings is 4. The minimum Gasteiger partial charge on any atom is -0.457 e. The SMILES string of the molecule is CC1(c2ccc(Br)cc2)C=C(c2ccc(Br)cc2)Oc2ccc3ccccc3c21. The van der Waals surface area contributed by atoms with Crippen molar-refractivity contribution < 1.29 is 4.74 Å². The first-order valence-corrected chi connectivity index (χ1v) is 11.1. The first kappa shape index (κ1) is 18.7. The topological polar surface area (TPSA) is 9.23 Å². The fraction of sp³-hybridized carbons (Fsp3) is 0.0769. The van der Waals surface area contributed by atoms with Gasteiger partial charge in [-0.2, -0.15) is 0 Å². The molecule has 0 amide bonds. The van der Waals surface area contributed by atoms with E-state index in [1.807, 2.05) is 12.1 Å². The number of hydrogen-bond acceptors (Lipinski definition) is 1. The van der Waals surface area contributed by atoms with Crippen molar-refractivity contribution in [1.29, 1.82) is 0 Å². The van der Waals surface area contributed by atoms with E-state index in [0.717, 1.165) is 26.0 Å². The zero-order valence-corrected chi connectivity index (χ0v) is 19.0. The molecular weight excluding hydrogens is 488 g/mol. The van der Waals surface area contributed by atoms with Gasteiger partial charge in [-0.25, -0.2) is 0 Å². The van der Waals surface area contributed by atoms with Gasteiger partial charge < -0.3 is 4.74 Å². The minimum atomic E-state index is -0.322. The Labute approximate surface area is 187 Å². The second-order valence-electron chi connectivity index (χ2n) is 7.49. The van der Waals surface area contributed by atoms with Crippen molar-refractivity contribution in [1.82, 2.24) is 0 Å². The second kappa shape index (κ2) is 7.16. The molecule has 4 aromatic carbocycles. The first-order valence-electron chi connectivity index (χ1n) is 9.49. The Kier molecular flexibility index (Phi) is 4.60. The number of rotatable bonds is 2. The molecule has 4 aromatic rings. The van der Waals surface area contributed by atoms with Crippen LogP contribution in [0.5, 0.6) is 5.75 Å². The number of ether oxygens (including phenoxy) is 1. The van der Waals surface area contributed by atoms with Gasteiger partial charge in [0, 0.05) is 25.5 Å². The molecule has 1 nitrogen and oxygen atoms in total. The molecule has 0 saturated heterocycles. The standard InChI is InChI=1S/C26H18Br2O/c1-26(19-9-13-21(28)14-10-19)16-24(18-6-11-20(27)12-7-18)29-23-15-8-17-4-2-3-5-22(17)25(23)26/h2-16H,1H3. The minimum absolute atomic E-state index is 0.322. The number of hydrogen-bond donors (Lipinski definition) is 0. The van der Waals surface area contributed by atoms with Crippen molar-refractivity contribution in [2.45, 2.75) is 12.3 Å². The molecule has 5 rings (SSSR count). The molecule has 1 unspecified atom stereocenters. The molecule has 1 heterocycles. The predicted molar refractivity (Wildman–Crippen MR) is 127 cm³/mol. The van der Waals surface area contributed by atoms with Crippen molar-refractivity contribution in [3.63, 3.8) is 0 Å². The molecule has 3 heteroatoms. The molecule has 0 radical (unpaired) electrons. The highest BCUT2D eigenvalue weighted by Crippen LogP contribution is 2.48. The molecule has 0 spiro atoms. The highest BCUT2D eigenvalue weighted by Gasteiger charge is 2.36. The lowest BCUT2D eigenvalue weighted by atomic mass is 9.72. The third-order valence-electron chi connectivity index (χ3n) is 5.62. The highest BCUT2D eigenvalue weighted by molar-refractivity contribution is 9.10. The van der Waals surface area contributed by atoms with Crippen LogP contribution in [-0.2, 0) is 5.41 Å². The predicted octanol–water partition coefficient (Wildman–Crippen LogP) is 8.10. The largest absolute Gasteiger partial charge is 0.457 e. The highest BCUT2D eigenvalue weighted by atomic mass is 79.9. The summed E-state index contributed by atoms with van der Waals surface area (Å²) in [6.45, 7) is 2.28. The van der Waals surface area contributed by atoms with Crippen LogP contribution in [0.1, 0.15) is 23.6 Å². The lowest BCUT2D eigenvalue weighted by molar-refractivity contribution is 0.472. The van der Waals surface area contributed by atoms with Crippen molar-refractivity contribution in [3.8, 4) is 5.75 Å². The Bertz CT molecular complexity index is 1240. The molecule has 1 aliphatic rings. The van der Waals surface area contributed by atoms with Gasteiger partial charge in [0.25, 0.3) is 0 Å². The molecule has 1 atom stereocenters. The van der Waals surface area contributed by atoms with E-state index in [2.05, 4.69) is 118 Å². The summed E-state index contributed by atoms with van der Waals surface area (Å²) in [5, 5.41) is 2.44. The van der Waals surface area contributed by atoms with Gasteiger partial charge in [-0.3, -0.25) is 0 Å². The Morgan fingerprint density at radius 3 is 2.10 bits per heavy atom. The van der Waals surface area contributed by atoms with Gasteiger partial charge in [0.1, 0.15) is 11.5 Å². The molecule has 142 valence electrons. The zero-order chi connectivity index (χ0) is 20.0.